The molecule has 1 aromatic rings. The van der Waals surface area contributed by atoms with Crippen LogP contribution in [0.15, 0.2) is 42.6 Å². The lowest BCUT2D eigenvalue weighted by molar-refractivity contribution is -0.122. The lowest BCUT2D eigenvalue weighted by Gasteiger charge is -2.17. The molecule has 0 radical (unpaired) electrons. The highest BCUT2D eigenvalue weighted by Crippen LogP contribution is 2.04. The topological polar surface area (TPSA) is 53.2 Å². The lowest BCUT2D eigenvalue weighted by atomic mass is 10.1. The first-order chi connectivity index (χ1) is 11.3. The summed E-state index contributed by atoms with van der Waals surface area (Å²) in [7, 11) is 1.98. The molecule has 3 N–H and O–H groups in total. The largest absolute Gasteiger partial charge is 0.380 e. The van der Waals surface area contributed by atoms with Crippen LogP contribution >= 0.6 is 0 Å². The number of benzene rings is 1. The standard InChI is InChI=1S/C19H31N3O/c1-3-13-21-18(16-17-11-7-6-8-12-17)19(23)22-15-10-5-4-9-14-20-2/h3,6-8,11-13,18,20-21H,4-5,9-10,14-16H2,1-2H3,(H,22,23)/b13-3+. The van der Waals surface area contributed by atoms with Crippen LogP contribution in [0.4, 0.5) is 0 Å². The number of nitrogens with one attached hydrogen (secondary N) is 3. The number of unbranched alkanes of at least 4 members (excludes halogenated alkanes) is 3. The third kappa shape index (κ3) is 9.04. The first kappa shape index (κ1) is 19.2. The first-order valence-electron chi connectivity index (χ1n) is 8.61. The molecule has 0 saturated heterocycles. The molecule has 0 fully saturated rings. The predicted molar refractivity (Wildman–Crippen MR) is 97.3 cm³/mol. The van der Waals surface area contributed by atoms with E-state index >= 15 is 0 Å². The highest BCUT2D eigenvalue weighted by molar-refractivity contribution is 5.82. The van der Waals surface area contributed by atoms with Crippen molar-refractivity contribution in [1.82, 2.24) is 16.0 Å². The molecule has 1 atom stereocenters. The molecule has 23 heavy (non-hydrogen) atoms. The van der Waals surface area contributed by atoms with Gasteiger partial charge in [0, 0.05) is 13.0 Å². The van der Waals surface area contributed by atoms with Crippen LogP contribution in [0.2, 0.25) is 0 Å². The summed E-state index contributed by atoms with van der Waals surface area (Å²) in [5.74, 6) is 0.0715. The van der Waals surface area contributed by atoms with E-state index in [1.807, 2.05) is 44.4 Å². The van der Waals surface area contributed by atoms with Crippen molar-refractivity contribution in [2.24, 2.45) is 0 Å². The fourth-order valence-corrected chi connectivity index (χ4v) is 2.40. The van der Waals surface area contributed by atoms with Crippen molar-refractivity contribution in [3.63, 3.8) is 0 Å². The molecule has 1 rings (SSSR count). The zero-order valence-electron chi connectivity index (χ0n) is 14.5. The summed E-state index contributed by atoms with van der Waals surface area (Å²) in [6.07, 6.45) is 9.05. The first-order valence-corrected chi connectivity index (χ1v) is 8.61. The SMILES string of the molecule is C/C=C/NC(Cc1ccccc1)C(=O)NCCCCCCNC. The van der Waals surface area contributed by atoms with Gasteiger partial charge in [0.15, 0.2) is 0 Å². The Morgan fingerprint density at radius 3 is 2.43 bits per heavy atom. The van der Waals surface area contributed by atoms with Gasteiger partial charge in [-0.3, -0.25) is 4.79 Å². The Bertz CT molecular complexity index is 445. The Labute approximate surface area is 140 Å². The summed E-state index contributed by atoms with van der Waals surface area (Å²) in [5.41, 5.74) is 1.16. The summed E-state index contributed by atoms with van der Waals surface area (Å²) in [5, 5.41) is 9.39. The predicted octanol–water partition coefficient (Wildman–Crippen LogP) is 2.62. The van der Waals surface area contributed by atoms with Crippen molar-refractivity contribution in [1.29, 1.82) is 0 Å². The number of carbonyl (C=O) groups excluding carboxylic acids is 1. The maximum atomic E-state index is 12.4. The van der Waals surface area contributed by atoms with Gasteiger partial charge in [-0.2, -0.15) is 0 Å². The highest BCUT2D eigenvalue weighted by Gasteiger charge is 2.16. The number of carbonyl (C=O) groups is 1. The van der Waals surface area contributed by atoms with Crippen molar-refractivity contribution >= 4 is 5.91 Å². The minimum atomic E-state index is -0.224. The molecular weight excluding hydrogens is 286 g/mol. The maximum Gasteiger partial charge on any atom is 0.242 e. The molecule has 1 aromatic carbocycles. The van der Waals surface area contributed by atoms with E-state index in [0.29, 0.717) is 6.42 Å². The van der Waals surface area contributed by atoms with Gasteiger partial charge in [-0.1, -0.05) is 49.2 Å². The minimum Gasteiger partial charge on any atom is -0.380 e. The van der Waals surface area contributed by atoms with E-state index in [9.17, 15) is 4.79 Å². The van der Waals surface area contributed by atoms with Crippen LogP contribution in [-0.2, 0) is 11.2 Å². The molecule has 4 nitrogen and oxygen atoms in total. The molecule has 0 heterocycles. The average Bonchev–Trinajstić information content (AvgIpc) is 2.58. The molecule has 1 amide bonds. The molecule has 0 saturated carbocycles. The quantitative estimate of drug-likeness (QED) is 0.519. The third-order valence-corrected chi connectivity index (χ3v) is 3.72. The Morgan fingerprint density at radius 1 is 1.09 bits per heavy atom. The van der Waals surface area contributed by atoms with Crippen LogP contribution in [0, 0.1) is 0 Å². The molecule has 0 aliphatic heterocycles. The van der Waals surface area contributed by atoms with Crippen LogP contribution in [0.5, 0.6) is 0 Å². The van der Waals surface area contributed by atoms with E-state index in [2.05, 4.69) is 28.1 Å². The lowest BCUT2D eigenvalue weighted by Crippen LogP contribution is -2.43. The Hall–Kier alpha value is -1.81. The third-order valence-electron chi connectivity index (χ3n) is 3.72. The molecule has 0 aliphatic rings. The smallest absolute Gasteiger partial charge is 0.242 e. The van der Waals surface area contributed by atoms with E-state index in [4.69, 9.17) is 0 Å². The maximum absolute atomic E-state index is 12.4. The number of allylic oxidation sites excluding steroid dienone is 1. The van der Waals surface area contributed by atoms with Crippen molar-refractivity contribution < 1.29 is 4.79 Å². The highest BCUT2D eigenvalue weighted by atomic mass is 16.2. The van der Waals surface area contributed by atoms with Gasteiger partial charge in [-0.05, 0) is 45.1 Å². The summed E-state index contributed by atoms with van der Waals surface area (Å²) < 4.78 is 0. The number of hydrogen-bond donors (Lipinski definition) is 3. The van der Waals surface area contributed by atoms with Crippen LogP contribution in [0.25, 0.3) is 0 Å². The summed E-state index contributed by atoms with van der Waals surface area (Å²) in [4.78, 5) is 12.4. The van der Waals surface area contributed by atoms with Gasteiger partial charge in [0.05, 0.1) is 0 Å². The van der Waals surface area contributed by atoms with Crippen molar-refractivity contribution in [2.45, 2.75) is 45.1 Å². The van der Waals surface area contributed by atoms with Crippen molar-refractivity contribution in [3.05, 3.63) is 48.2 Å². The van der Waals surface area contributed by atoms with E-state index in [-0.39, 0.29) is 11.9 Å². The van der Waals surface area contributed by atoms with Crippen molar-refractivity contribution in [3.8, 4) is 0 Å². The van der Waals surface area contributed by atoms with E-state index in [1.54, 1.807) is 0 Å². The van der Waals surface area contributed by atoms with Gasteiger partial charge in [0.25, 0.3) is 0 Å². The van der Waals surface area contributed by atoms with Gasteiger partial charge in [0.2, 0.25) is 5.91 Å². The molecule has 4 heteroatoms. The second kappa shape index (κ2) is 12.7. The fraction of sp³-hybridized carbons (Fsp3) is 0.526. The van der Waals surface area contributed by atoms with Crippen LogP contribution < -0.4 is 16.0 Å². The van der Waals surface area contributed by atoms with Gasteiger partial charge in [0.1, 0.15) is 6.04 Å². The van der Waals surface area contributed by atoms with Crippen LogP contribution in [0.3, 0.4) is 0 Å². The Balaban J connectivity index is 2.34. The molecule has 0 aromatic heterocycles. The van der Waals surface area contributed by atoms with Gasteiger partial charge in [-0.25, -0.2) is 0 Å². The molecule has 0 bridgehead atoms. The summed E-state index contributed by atoms with van der Waals surface area (Å²) in [6.45, 7) is 3.76. The number of hydrogen-bond acceptors (Lipinski definition) is 3. The van der Waals surface area contributed by atoms with Gasteiger partial charge < -0.3 is 16.0 Å². The Kier molecular flexibility index (Phi) is 10.6. The molecule has 0 spiro atoms. The fourth-order valence-electron chi connectivity index (χ4n) is 2.40. The van der Waals surface area contributed by atoms with E-state index in [1.165, 1.54) is 12.8 Å². The monoisotopic (exact) mass is 317 g/mol. The zero-order chi connectivity index (χ0) is 16.8. The number of amides is 1. The molecule has 128 valence electrons. The Morgan fingerprint density at radius 2 is 1.78 bits per heavy atom. The van der Waals surface area contributed by atoms with Gasteiger partial charge in [-0.15, -0.1) is 0 Å². The normalized spacial score (nSPS) is 12.3. The van der Waals surface area contributed by atoms with Crippen LogP contribution in [0.1, 0.15) is 38.2 Å². The second-order valence-corrected chi connectivity index (χ2v) is 5.72. The molecule has 1 unspecified atom stereocenters. The van der Waals surface area contributed by atoms with Crippen LogP contribution in [-0.4, -0.2) is 32.1 Å². The van der Waals surface area contributed by atoms with E-state index < -0.39 is 0 Å². The second-order valence-electron chi connectivity index (χ2n) is 5.72. The number of rotatable bonds is 12. The molecule has 0 aliphatic carbocycles. The minimum absolute atomic E-state index is 0.0715. The molecular formula is C19H31N3O. The van der Waals surface area contributed by atoms with Gasteiger partial charge >= 0.3 is 0 Å². The summed E-state index contributed by atoms with van der Waals surface area (Å²) >= 11 is 0. The van der Waals surface area contributed by atoms with E-state index in [0.717, 1.165) is 31.5 Å². The van der Waals surface area contributed by atoms with Crippen molar-refractivity contribution in [2.75, 3.05) is 20.1 Å². The average molecular weight is 317 g/mol. The zero-order valence-corrected chi connectivity index (χ0v) is 14.5. The summed E-state index contributed by atoms with van der Waals surface area (Å²) in [6, 6.07) is 9.89.